The number of alkyl halides is 3. The molecule has 0 saturated carbocycles. The van der Waals surface area contributed by atoms with Crippen LogP contribution in [0.15, 0.2) is 18.2 Å². The summed E-state index contributed by atoms with van der Waals surface area (Å²) in [6.07, 6.45) is -4.80. The number of halogens is 3. The number of imide groups is 1. The van der Waals surface area contributed by atoms with Crippen molar-refractivity contribution >= 4 is 17.6 Å². The second kappa shape index (κ2) is 4.99. The third kappa shape index (κ3) is 2.37. The summed E-state index contributed by atoms with van der Waals surface area (Å²) in [7, 11) is 0. The van der Waals surface area contributed by atoms with E-state index in [0.29, 0.717) is 11.0 Å². The number of carbonyl (C=O) groups is 2. The Balaban J connectivity index is 2.53. The zero-order valence-corrected chi connectivity index (χ0v) is 11.2. The van der Waals surface area contributed by atoms with Gasteiger partial charge in [-0.25, -0.2) is 9.69 Å². The summed E-state index contributed by atoms with van der Waals surface area (Å²) in [4.78, 5) is 24.4. The molecule has 0 spiro atoms. The largest absolute Gasteiger partial charge is 0.417 e. The first-order chi connectivity index (χ1) is 10.1. The Labute approximate surface area is 122 Å². The van der Waals surface area contributed by atoms with Crippen molar-refractivity contribution in [1.82, 2.24) is 5.32 Å². The van der Waals surface area contributed by atoms with Crippen molar-refractivity contribution in [2.45, 2.75) is 18.6 Å². The van der Waals surface area contributed by atoms with Crippen molar-refractivity contribution < 1.29 is 27.9 Å². The molecule has 2 rings (SSSR count). The molecule has 0 radical (unpaired) electrons. The molecule has 0 aliphatic carbocycles. The van der Waals surface area contributed by atoms with E-state index in [2.05, 4.69) is 5.32 Å². The molecular weight excluding hydrogens is 303 g/mol. The average molecular weight is 313 g/mol. The maximum atomic E-state index is 12.9. The number of anilines is 1. The third-order valence-electron chi connectivity index (χ3n) is 3.26. The van der Waals surface area contributed by atoms with Crippen LogP contribution in [-0.4, -0.2) is 29.2 Å². The number of urea groups is 1. The Hall–Kier alpha value is -2.60. The van der Waals surface area contributed by atoms with Crippen molar-refractivity contribution in [1.29, 1.82) is 5.26 Å². The summed E-state index contributed by atoms with van der Waals surface area (Å²) >= 11 is 0. The number of benzene rings is 1. The molecule has 0 aromatic heterocycles. The van der Waals surface area contributed by atoms with Crippen LogP contribution < -0.4 is 10.2 Å². The summed E-state index contributed by atoms with van der Waals surface area (Å²) in [5.74, 6) is -0.877. The Kier molecular flexibility index (Phi) is 3.58. The zero-order chi connectivity index (χ0) is 16.7. The van der Waals surface area contributed by atoms with Gasteiger partial charge in [0.2, 0.25) is 0 Å². The summed E-state index contributed by atoms with van der Waals surface area (Å²) in [6.45, 7) is 0.554. The SMILES string of the molecule is CC1(CO)NC(=O)N(c2ccc(C#N)c(C(F)(F)F)c2)C1=O. The molecular formula is C13H10F3N3O3. The minimum Gasteiger partial charge on any atom is -0.393 e. The van der Waals surface area contributed by atoms with E-state index < -0.39 is 41.4 Å². The molecule has 9 heteroatoms. The predicted molar refractivity (Wildman–Crippen MR) is 67.7 cm³/mol. The number of amides is 3. The van der Waals surface area contributed by atoms with E-state index in [9.17, 15) is 22.8 Å². The van der Waals surface area contributed by atoms with Gasteiger partial charge in [0.25, 0.3) is 5.91 Å². The van der Waals surface area contributed by atoms with E-state index in [1.807, 2.05) is 0 Å². The van der Waals surface area contributed by atoms with Crippen LogP contribution in [0.25, 0.3) is 0 Å². The Morgan fingerprint density at radius 1 is 1.41 bits per heavy atom. The monoisotopic (exact) mass is 313 g/mol. The van der Waals surface area contributed by atoms with Gasteiger partial charge in [-0.1, -0.05) is 0 Å². The van der Waals surface area contributed by atoms with E-state index in [1.54, 1.807) is 0 Å². The van der Waals surface area contributed by atoms with Gasteiger partial charge < -0.3 is 10.4 Å². The first-order valence-corrected chi connectivity index (χ1v) is 6.03. The van der Waals surface area contributed by atoms with Gasteiger partial charge in [-0.15, -0.1) is 0 Å². The highest BCUT2D eigenvalue weighted by atomic mass is 19.4. The van der Waals surface area contributed by atoms with Gasteiger partial charge in [-0.2, -0.15) is 18.4 Å². The van der Waals surface area contributed by atoms with Crippen LogP contribution in [0.1, 0.15) is 18.1 Å². The fraction of sp³-hybridized carbons (Fsp3) is 0.308. The third-order valence-corrected chi connectivity index (χ3v) is 3.26. The molecule has 1 saturated heterocycles. The molecule has 1 fully saturated rings. The lowest BCUT2D eigenvalue weighted by Crippen LogP contribution is -2.47. The van der Waals surface area contributed by atoms with E-state index >= 15 is 0 Å². The number of rotatable bonds is 2. The minimum absolute atomic E-state index is 0.328. The predicted octanol–water partition coefficient (Wildman–Crippen LogP) is 1.38. The summed E-state index contributed by atoms with van der Waals surface area (Å²) in [6, 6.07) is 2.96. The molecule has 1 aromatic rings. The molecule has 1 atom stereocenters. The Morgan fingerprint density at radius 2 is 2.05 bits per heavy atom. The van der Waals surface area contributed by atoms with Crippen molar-refractivity contribution in [3.63, 3.8) is 0 Å². The lowest BCUT2D eigenvalue weighted by molar-refractivity contribution is -0.137. The van der Waals surface area contributed by atoms with Gasteiger partial charge in [0.1, 0.15) is 5.54 Å². The number of carbonyl (C=O) groups excluding carboxylic acids is 2. The molecule has 1 aliphatic heterocycles. The number of hydrogen-bond acceptors (Lipinski definition) is 4. The second-order valence-electron chi connectivity index (χ2n) is 4.90. The van der Waals surface area contributed by atoms with Gasteiger partial charge in [0, 0.05) is 0 Å². The van der Waals surface area contributed by atoms with Crippen LogP contribution in [-0.2, 0) is 11.0 Å². The average Bonchev–Trinajstić information content (AvgIpc) is 2.68. The van der Waals surface area contributed by atoms with Crippen LogP contribution in [0.2, 0.25) is 0 Å². The number of aliphatic hydroxyl groups is 1. The number of nitrogens with zero attached hydrogens (tertiary/aromatic N) is 2. The summed E-state index contributed by atoms with van der Waals surface area (Å²) in [5.41, 5.74) is -3.78. The first kappa shape index (κ1) is 15.8. The van der Waals surface area contributed by atoms with Crippen LogP contribution in [0.3, 0.4) is 0 Å². The number of nitrogens with one attached hydrogen (secondary N) is 1. The molecule has 1 aliphatic rings. The maximum Gasteiger partial charge on any atom is 0.417 e. The number of aliphatic hydroxyl groups excluding tert-OH is 1. The van der Waals surface area contributed by atoms with Crippen LogP contribution in [0, 0.1) is 11.3 Å². The normalized spacial score (nSPS) is 21.7. The topological polar surface area (TPSA) is 93.4 Å². The van der Waals surface area contributed by atoms with Crippen molar-refractivity contribution in [2.75, 3.05) is 11.5 Å². The maximum absolute atomic E-state index is 12.9. The highest BCUT2D eigenvalue weighted by molar-refractivity contribution is 6.23. The van der Waals surface area contributed by atoms with E-state index in [0.717, 1.165) is 12.1 Å². The van der Waals surface area contributed by atoms with E-state index in [-0.39, 0.29) is 5.69 Å². The van der Waals surface area contributed by atoms with Crippen LogP contribution in [0.5, 0.6) is 0 Å². The standard InChI is InChI=1S/C13H10F3N3O3/c1-12(6-20)10(21)19(11(22)18-12)8-3-2-7(5-17)9(4-8)13(14,15)16/h2-4,20H,6H2,1H3,(H,18,22). The highest BCUT2D eigenvalue weighted by Crippen LogP contribution is 2.35. The minimum atomic E-state index is -4.80. The summed E-state index contributed by atoms with van der Waals surface area (Å²) < 4.78 is 38.8. The Morgan fingerprint density at radius 3 is 2.50 bits per heavy atom. The molecule has 1 heterocycles. The lowest BCUT2D eigenvalue weighted by Gasteiger charge is -2.19. The molecule has 6 nitrogen and oxygen atoms in total. The molecule has 1 aromatic carbocycles. The van der Waals surface area contributed by atoms with Gasteiger partial charge in [0.05, 0.1) is 29.5 Å². The smallest absolute Gasteiger partial charge is 0.393 e. The summed E-state index contributed by atoms with van der Waals surface area (Å²) in [5, 5.41) is 20.1. The molecule has 2 N–H and O–H groups in total. The second-order valence-corrected chi connectivity index (χ2v) is 4.90. The van der Waals surface area contributed by atoms with Crippen LogP contribution >= 0.6 is 0 Å². The van der Waals surface area contributed by atoms with Crippen LogP contribution in [0.4, 0.5) is 23.7 Å². The Bertz CT molecular complexity index is 696. The van der Waals surface area contributed by atoms with Gasteiger partial charge >= 0.3 is 12.2 Å². The fourth-order valence-electron chi connectivity index (χ4n) is 2.03. The molecule has 22 heavy (non-hydrogen) atoms. The first-order valence-electron chi connectivity index (χ1n) is 6.03. The zero-order valence-electron chi connectivity index (χ0n) is 11.2. The van der Waals surface area contributed by atoms with Crippen molar-refractivity contribution in [3.05, 3.63) is 29.3 Å². The molecule has 3 amide bonds. The lowest BCUT2D eigenvalue weighted by atomic mass is 10.0. The van der Waals surface area contributed by atoms with Gasteiger partial charge in [-0.3, -0.25) is 4.79 Å². The number of nitriles is 1. The van der Waals surface area contributed by atoms with Crippen molar-refractivity contribution in [2.24, 2.45) is 0 Å². The van der Waals surface area contributed by atoms with E-state index in [1.165, 1.54) is 13.0 Å². The quantitative estimate of drug-likeness (QED) is 0.807. The van der Waals surface area contributed by atoms with E-state index in [4.69, 9.17) is 10.4 Å². The molecule has 116 valence electrons. The fourth-order valence-corrected chi connectivity index (χ4v) is 2.03. The van der Waals surface area contributed by atoms with Crippen molar-refractivity contribution in [3.8, 4) is 6.07 Å². The number of hydrogen-bond donors (Lipinski definition) is 2. The van der Waals surface area contributed by atoms with Gasteiger partial charge in [0.15, 0.2) is 0 Å². The van der Waals surface area contributed by atoms with Gasteiger partial charge in [-0.05, 0) is 25.1 Å². The molecule has 0 bridgehead atoms. The highest BCUT2D eigenvalue weighted by Gasteiger charge is 2.48. The molecule has 1 unspecified atom stereocenters.